The Bertz CT molecular complexity index is 855. The van der Waals surface area contributed by atoms with Crippen LogP contribution in [0.25, 0.3) is 5.69 Å². The van der Waals surface area contributed by atoms with Gasteiger partial charge in [0.1, 0.15) is 0 Å². The fourth-order valence-corrected chi connectivity index (χ4v) is 4.55. The molecule has 7 heteroatoms. The van der Waals surface area contributed by atoms with E-state index in [0.29, 0.717) is 12.5 Å². The first-order valence-electron chi connectivity index (χ1n) is 11.7. The van der Waals surface area contributed by atoms with Crippen molar-refractivity contribution in [2.75, 3.05) is 19.6 Å². The number of aromatic nitrogens is 2. The second-order valence-corrected chi connectivity index (χ2v) is 8.56. The predicted octanol–water partition coefficient (Wildman–Crippen LogP) is 3.11. The predicted molar refractivity (Wildman–Crippen MR) is 123 cm³/mol. The van der Waals surface area contributed by atoms with Crippen LogP contribution in [0.1, 0.15) is 51.0 Å². The van der Waals surface area contributed by atoms with E-state index in [1.54, 1.807) is 6.20 Å². The molecule has 1 unspecified atom stereocenters. The Balaban J connectivity index is 1.31. The van der Waals surface area contributed by atoms with E-state index in [4.69, 9.17) is 4.99 Å². The Hall–Kier alpha value is -2.83. The fourth-order valence-electron chi connectivity index (χ4n) is 4.55. The third-order valence-electron chi connectivity index (χ3n) is 6.26. The lowest BCUT2D eigenvalue weighted by atomic mass is 9.88. The number of carbonyl (C=O) groups is 1. The third kappa shape index (κ3) is 5.66. The lowest BCUT2D eigenvalue weighted by Crippen LogP contribution is -2.45. The maximum absolute atomic E-state index is 12.8. The van der Waals surface area contributed by atoms with E-state index < -0.39 is 0 Å². The van der Waals surface area contributed by atoms with E-state index in [9.17, 15) is 4.79 Å². The van der Waals surface area contributed by atoms with Crippen molar-refractivity contribution in [1.82, 2.24) is 25.3 Å². The molecular formula is C24H34N6O. The van der Waals surface area contributed by atoms with Gasteiger partial charge in [0.25, 0.3) is 0 Å². The maximum atomic E-state index is 12.8. The molecule has 166 valence electrons. The lowest BCUT2D eigenvalue weighted by Gasteiger charge is -2.26. The van der Waals surface area contributed by atoms with Crippen molar-refractivity contribution < 1.29 is 4.79 Å². The van der Waals surface area contributed by atoms with Crippen molar-refractivity contribution >= 4 is 11.9 Å². The van der Waals surface area contributed by atoms with Gasteiger partial charge in [-0.25, -0.2) is 9.67 Å². The van der Waals surface area contributed by atoms with Crippen molar-refractivity contribution in [2.24, 2.45) is 10.9 Å². The summed E-state index contributed by atoms with van der Waals surface area (Å²) in [5.74, 6) is 1.43. The topological polar surface area (TPSA) is 74.6 Å². The van der Waals surface area contributed by atoms with Crippen LogP contribution < -0.4 is 10.6 Å². The molecule has 2 N–H and O–H groups in total. The number of nitrogens with one attached hydrogen (secondary N) is 2. The highest BCUT2D eigenvalue weighted by Gasteiger charge is 2.31. The molecule has 1 saturated heterocycles. The van der Waals surface area contributed by atoms with Crippen molar-refractivity contribution in [3.05, 3.63) is 48.3 Å². The quantitative estimate of drug-likeness (QED) is 0.554. The molecule has 0 bridgehead atoms. The average Bonchev–Trinajstić information content (AvgIpc) is 3.51. The number of nitrogens with zero attached hydrogens (tertiary/aromatic N) is 4. The summed E-state index contributed by atoms with van der Waals surface area (Å²) in [4.78, 5) is 19.7. The van der Waals surface area contributed by atoms with Crippen LogP contribution in [0, 0.1) is 5.92 Å². The number of hydrogen-bond donors (Lipinski definition) is 2. The van der Waals surface area contributed by atoms with E-state index in [2.05, 4.69) is 51.8 Å². The lowest BCUT2D eigenvalue weighted by molar-refractivity contribution is -0.135. The largest absolute Gasteiger partial charge is 0.357 e. The molecule has 1 amide bonds. The van der Waals surface area contributed by atoms with Crippen molar-refractivity contribution in [2.45, 2.75) is 58.0 Å². The van der Waals surface area contributed by atoms with Crippen LogP contribution in [-0.2, 0) is 11.3 Å². The molecular weight excluding hydrogens is 388 g/mol. The van der Waals surface area contributed by atoms with Crippen LogP contribution in [-0.4, -0.2) is 52.2 Å². The van der Waals surface area contributed by atoms with Crippen LogP contribution in [0.15, 0.2) is 47.7 Å². The summed E-state index contributed by atoms with van der Waals surface area (Å²) in [6.07, 6.45) is 10.5. The molecule has 2 aromatic rings. The van der Waals surface area contributed by atoms with Gasteiger partial charge in [-0.1, -0.05) is 31.4 Å². The van der Waals surface area contributed by atoms with Gasteiger partial charge in [-0.15, -0.1) is 0 Å². The summed E-state index contributed by atoms with van der Waals surface area (Å²) in [6.45, 7) is 5.11. The molecule has 0 spiro atoms. The van der Waals surface area contributed by atoms with E-state index in [1.807, 2.05) is 16.9 Å². The first-order chi connectivity index (χ1) is 15.2. The summed E-state index contributed by atoms with van der Waals surface area (Å²) in [6, 6.07) is 10.5. The number of aliphatic imine (C=N–C) groups is 1. The van der Waals surface area contributed by atoms with Gasteiger partial charge < -0.3 is 15.5 Å². The molecule has 1 atom stereocenters. The van der Waals surface area contributed by atoms with Gasteiger partial charge in [-0.3, -0.25) is 4.79 Å². The summed E-state index contributed by atoms with van der Waals surface area (Å²) in [7, 11) is 0. The average molecular weight is 423 g/mol. The second kappa shape index (κ2) is 10.5. The van der Waals surface area contributed by atoms with E-state index >= 15 is 0 Å². The maximum Gasteiger partial charge on any atom is 0.225 e. The Morgan fingerprint density at radius 2 is 1.97 bits per heavy atom. The zero-order valence-electron chi connectivity index (χ0n) is 18.5. The minimum atomic E-state index is 0.249. The van der Waals surface area contributed by atoms with Gasteiger partial charge in [-0.2, -0.15) is 5.10 Å². The number of likely N-dealkylation sites (tertiary alicyclic amines) is 1. The third-order valence-corrected chi connectivity index (χ3v) is 6.26. The first-order valence-corrected chi connectivity index (χ1v) is 11.7. The van der Waals surface area contributed by atoms with Gasteiger partial charge in [0.15, 0.2) is 5.96 Å². The van der Waals surface area contributed by atoms with Crippen molar-refractivity contribution in [3.63, 3.8) is 0 Å². The van der Waals surface area contributed by atoms with Crippen LogP contribution in [0.3, 0.4) is 0 Å². The van der Waals surface area contributed by atoms with Crippen LogP contribution in [0.2, 0.25) is 0 Å². The van der Waals surface area contributed by atoms with Gasteiger partial charge in [-0.05, 0) is 49.9 Å². The van der Waals surface area contributed by atoms with Gasteiger partial charge in [0.05, 0.1) is 12.2 Å². The first kappa shape index (κ1) is 21.4. The molecule has 1 saturated carbocycles. The highest BCUT2D eigenvalue weighted by Crippen LogP contribution is 2.26. The Kier molecular flexibility index (Phi) is 7.22. The number of guanidine groups is 1. The van der Waals surface area contributed by atoms with Gasteiger partial charge in [0, 0.05) is 44.0 Å². The Morgan fingerprint density at radius 1 is 1.16 bits per heavy atom. The minimum Gasteiger partial charge on any atom is -0.357 e. The van der Waals surface area contributed by atoms with E-state index in [1.165, 1.54) is 19.3 Å². The highest BCUT2D eigenvalue weighted by atomic mass is 16.2. The second-order valence-electron chi connectivity index (χ2n) is 8.56. The molecule has 4 rings (SSSR count). The molecule has 2 heterocycles. The summed E-state index contributed by atoms with van der Waals surface area (Å²) in [5.41, 5.74) is 2.19. The molecule has 31 heavy (non-hydrogen) atoms. The standard InChI is InChI=1S/C24H34N6O/c1-2-25-24(26-17-19-9-11-22(12-10-19)30-15-6-14-27-30)28-21-13-16-29(18-21)23(31)20-7-4-3-5-8-20/h6,9-12,14-15,20-21H,2-5,7-8,13,16-18H2,1H3,(H2,25,26,28). The number of carbonyl (C=O) groups excluding carboxylic acids is 1. The SMILES string of the molecule is CCNC(=NCc1ccc(-n2cccn2)cc1)NC1CCN(C(=O)C2CCCCC2)C1. The molecule has 0 radical (unpaired) electrons. The molecule has 1 aromatic heterocycles. The van der Waals surface area contributed by atoms with E-state index in [0.717, 1.165) is 56.1 Å². The van der Waals surface area contributed by atoms with Crippen LogP contribution in [0.5, 0.6) is 0 Å². The fraction of sp³-hybridized carbons (Fsp3) is 0.542. The minimum absolute atomic E-state index is 0.249. The smallest absolute Gasteiger partial charge is 0.225 e. The van der Waals surface area contributed by atoms with Gasteiger partial charge in [0.2, 0.25) is 5.91 Å². The zero-order chi connectivity index (χ0) is 21.5. The number of amides is 1. The van der Waals surface area contributed by atoms with E-state index in [-0.39, 0.29) is 12.0 Å². The summed E-state index contributed by atoms with van der Waals surface area (Å²) in [5, 5.41) is 11.1. The monoisotopic (exact) mass is 422 g/mol. The zero-order valence-corrected chi connectivity index (χ0v) is 18.5. The molecule has 2 fully saturated rings. The van der Waals surface area contributed by atoms with Crippen LogP contribution in [0.4, 0.5) is 0 Å². The van der Waals surface area contributed by atoms with Gasteiger partial charge >= 0.3 is 0 Å². The molecule has 2 aliphatic rings. The highest BCUT2D eigenvalue weighted by molar-refractivity contribution is 5.81. The van der Waals surface area contributed by atoms with Crippen molar-refractivity contribution in [1.29, 1.82) is 0 Å². The normalized spacial score (nSPS) is 20.1. The molecule has 1 aromatic carbocycles. The number of benzene rings is 1. The Morgan fingerprint density at radius 3 is 2.68 bits per heavy atom. The molecule has 1 aliphatic carbocycles. The summed E-state index contributed by atoms with van der Waals surface area (Å²) < 4.78 is 1.85. The number of rotatable bonds is 6. The Labute approximate surface area is 184 Å². The molecule has 7 nitrogen and oxygen atoms in total. The van der Waals surface area contributed by atoms with Crippen LogP contribution >= 0.6 is 0 Å². The van der Waals surface area contributed by atoms with Crippen molar-refractivity contribution in [3.8, 4) is 5.69 Å². The molecule has 1 aliphatic heterocycles. The number of hydrogen-bond acceptors (Lipinski definition) is 3. The summed E-state index contributed by atoms with van der Waals surface area (Å²) >= 11 is 0.